The Kier molecular flexibility index (Phi) is 5.27. The molecule has 8 nitrogen and oxygen atoms in total. The maximum Gasteiger partial charge on any atom is 0.228 e. The number of nitrogens with zero attached hydrogens (tertiary/aromatic N) is 6. The molecule has 1 saturated heterocycles. The van der Waals surface area contributed by atoms with Crippen LogP contribution in [0.25, 0.3) is 0 Å². The van der Waals surface area contributed by atoms with Crippen molar-refractivity contribution in [2.45, 2.75) is 32.7 Å². The molecule has 2 aromatic heterocycles. The van der Waals surface area contributed by atoms with Gasteiger partial charge in [0.2, 0.25) is 11.8 Å². The molecule has 1 fully saturated rings. The van der Waals surface area contributed by atoms with E-state index in [1.54, 1.807) is 11.1 Å². The standard InChI is InChI=1S/C20H26N6O2/c1-16-15-18-25(9-4-10-26(18)22-16)20(28)7-6-19(27)24-13-11-23(12-14-24)17-5-2-3-8-21-17/h2-3,5,8,15H,4,6-7,9-14H2,1H3. The number of hydrogen-bond donors (Lipinski definition) is 0. The maximum atomic E-state index is 12.7. The largest absolute Gasteiger partial charge is 0.353 e. The number of piperazine rings is 1. The molecule has 4 rings (SSSR count). The molecule has 2 aliphatic heterocycles. The van der Waals surface area contributed by atoms with E-state index in [0.29, 0.717) is 19.6 Å². The number of aromatic nitrogens is 3. The zero-order valence-corrected chi connectivity index (χ0v) is 16.3. The summed E-state index contributed by atoms with van der Waals surface area (Å²) in [4.78, 5) is 35.5. The van der Waals surface area contributed by atoms with Crippen LogP contribution < -0.4 is 9.80 Å². The molecular formula is C20H26N6O2. The molecule has 0 saturated carbocycles. The molecule has 2 aliphatic rings. The Labute approximate surface area is 164 Å². The predicted octanol–water partition coefficient (Wildman–Crippen LogP) is 1.45. The highest BCUT2D eigenvalue weighted by Crippen LogP contribution is 2.23. The average Bonchev–Trinajstić information content (AvgIpc) is 3.12. The van der Waals surface area contributed by atoms with Crippen LogP contribution in [0.5, 0.6) is 0 Å². The van der Waals surface area contributed by atoms with Crippen molar-refractivity contribution >= 4 is 23.5 Å². The number of anilines is 2. The van der Waals surface area contributed by atoms with Gasteiger partial charge >= 0.3 is 0 Å². The van der Waals surface area contributed by atoms with Gasteiger partial charge in [0.25, 0.3) is 0 Å². The lowest BCUT2D eigenvalue weighted by atomic mass is 10.2. The Hall–Kier alpha value is -2.90. The second-order valence-electron chi connectivity index (χ2n) is 7.32. The summed E-state index contributed by atoms with van der Waals surface area (Å²) in [5, 5.41) is 4.42. The number of amides is 2. The molecule has 0 atom stereocenters. The number of aryl methyl sites for hydroxylation is 2. The summed E-state index contributed by atoms with van der Waals surface area (Å²) in [5.41, 5.74) is 0.913. The van der Waals surface area contributed by atoms with Crippen molar-refractivity contribution in [3.8, 4) is 0 Å². The van der Waals surface area contributed by atoms with Crippen LogP contribution in [0.3, 0.4) is 0 Å². The van der Waals surface area contributed by atoms with Crippen LogP contribution in [0.15, 0.2) is 30.5 Å². The summed E-state index contributed by atoms with van der Waals surface area (Å²) in [5.74, 6) is 1.85. The minimum Gasteiger partial charge on any atom is -0.353 e. The van der Waals surface area contributed by atoms with Gasteiger partial charge in [0.1, 0.15) is 11.6 Å². The summed E-state index contributed by atoms with van der Waals surface area (Å²) < 4.78 is 1.88. The average molecular weight is 382 g/mol. The minimum atomic E-state index is 0.00122. The summed E-state index contributed by atoms with van der Waals surface area (Å²) in [6.45, 7) is 6.33. The van der Waals surface area contributed by atoms with Crippen molar-refractivity contribution in [1.29, 1.82) is 0 Å². The first-order chi connectivity index (χ1) is 13.6. The first-order valence-electron chi connectivity index (χ1n) is 9.90. The van der Waals surface area contributed by atoms with E-state index in [2.05, 4.69) is 15.0 Å². The Bertz CT molecular complexity index is 842. The first kappa shape index (κ1) is 18.5. The van der Waals surface area contributed by atoms with E-state index in [0.717, 1.165) is 43.4 Å². The summed E-state index contributed by atoms with van der Waals surface area (Å²) in [6, 6.07) is 7.80. The van der Waals surface area contributed by atoms with Crippen LogP contribution in [0.2, 0.25) is 0 Å². The lowest BCUT2D eigenvalue weighted by Gasteiger charge is -2.35. The SMILES string of the molecule is Cc1cc2n(n1)CCCN2C(=O)CCC(=O)N1CCN(c2ccccn2)CC1. The molecular weight excluding hydrogens is 356 g/mol. The molecule has 28 heavy (non-hydrogen) atoms. The molecule has 0 aliphatic carbocycles. The van der Waals surface area contributed by atoms with Crippen LogP contribution in [0, 0.1) is 6.92 Å². The fourth-order valence-corrected chi connectivity index (χ4v) is 3.89. The quantitative estimate of drug-likeness (QED) is 0.800. The summed E-state index contributed by atoms with van der Waals surface area (Å²) in [6.07, 6.45) is 3.17. The van der Waals surface area contributed by atoms with E-state index in [4.69, 9.17) is 0 Å². The number of carbonyl (C=O) groups excluding carboxylic acids is 2. The normalized spacial score (nSPS) is 16.8. The summed E-state index contributed by atoms with van der Waals surface area (Å²) in [7, 11) is 0. The third-order valence-corrected chi connectivity index (χ3v) is 5.37. The van der Waals surface area contributed by atoms with Gasteiger partial charge in [0, 0.05) is 64.4 Å². The molecule has 0 radical (unpaired) electrons. The van der Waals surface area contributed by atoms with Crippen molar-refractivity contribution in [3.63, 3.8) is 0 Å². The van der Waals surface area contributed by atoms with Gasteiger partial charge in [-0.05, 0) is 25.5 Å². The van der Waals surface area contributed by atoms with E-state index in [1.165, 1.54) is 0 Å². The summed E-state index contributed by atoms with van der Waals surface area (Å²) >= 11 is 0. The lowest BCUT2D eigenvalue weighted by Crippen LogP contribution is -2.49. The number of carbonyl (C=O) groups is 2. The lowest BCUT2D eigenvalue weighted by molar-refractivity contribution is -0.133. The van der Waals surface area contributed by atoms with E-state index in [1.807, 2.05) is 40.8 Å². The van der Waals surface area contributed by atoms with Crippen LogP contribution in [0.1, 0.15) is 25.0 Å². The second kappa shape index (κ2) is 8.00. The van der Waals surface area contributed by atoms with Crippen molar-refractivity contribution in [2.24, 2.45) is 0 Å². The molecule has 2 amide bonds. The Morgan fingerprint density at radius 2 is 1.79 bits per heavy atom. The van der Waals surface area contributed by atoms with Crippen LogP contribution in [-0.4, -0.2) is 64.2 Å². The third-order valence-electron chi connectivity index (χ3n) is 5.37. The molecule has 0 bridgehead atoms. The Morgan fingerprint density at radius 1 is 1.00 bits per heavy atom. The van der Waals surface area contributed by atoms with E-state index in [-0.39, 0.29) is 24.7 Å². The van der Waals surface area contributed by atoms with E-state index < -0.39 is 0 Å². The van der Waals surface area contributed by atoms with Crippen LogP contribution in [0.4, 0.5) is 11.6 Å². The van der Waals surface area contributed by atoms with Crippen molar-refractivity contribution < 1.29 is 9.59 Å². The van der Waals surface area contributed by atoms with Crippen molar-refractivity contribution in [2.75, 3.05) is 42.5 Å². The topological polar surface area (TPSA) is 74.6 Å². The first-order valence-corrected chi connectivity index (χ1v) is 9.90. The van der Waals surface area contributed by atoms with Gasteiger partial charge in [-0.2, -0.15) is 5.10 Å². The molecule has 148 valence electrons. The molecule has 0 unspecified atom stereocenters. The smallest absolute Gasteiger partial charge is 0.228 e. The minimum absolute atomic E-state index is 0.00122. The van der Waals surface area contributed by atoms with Gasteiger partial charge in [-0.25, -0.2) is 9.67 Å². The number of hydrogen-bond acceptors (Lipinski definition) is 5. The van der Waals surface area contributed by atoms with Crippen molar-refractivity contribution in [1.82, 2.24) is 19.7 Å². The maximum absolute atomic E-state index is 12.7. The highest BCUT2D eigenvalue weighted by atomic mass is 16.2. The van der Waals surface area contributed by atoms with Crippen LogP contribution in [-0.2, 0) is 16.1 Å². The molecule has 2 aromatic rings. The number of pyridine rings is 1. The van der Waals surface area contributed by atoms with Gasteiger partial charge in [-0.1, -0.05) is 6.07 Å². The van der Waals surface area contributed by atoms with Gasteiger partial charge in [-0.15, -0.1) is 0 Å². The molecule has 8 heteroatoms. The fraction of sp³-hybridized carbons (Fsp3) is 0.500. The van der Waals surface area contributed by atoms with Gasteiger partial charge in [0.15, 0.2) is 0 Å². The second-order valence-corrected chi connectivity index (χ2v) is 7.32. The number of rotatable bonds is 4. The monoisotopic (exact) mass is 382 g/mol. The Morgan fingerprint density at radius 3 is 2.54 bits per heavy atom. The van der Waals surface area contributed by atoms with Gasteiger partial charge in [0.05, 0.1) is 5.69 Å². The van der Waals surface area contributed by atoms with E-state index in [9.17, 15) is 9.59 Å². The zero-order chi connectivity index (χ0) is 19.5. The zero-order valence-electron chi connectivity index (χ0n) is 16.3. The third kappa shape index (κ3) is 3.85. The number of fused-ring (bicyclic) bond motifs is 1. The Balaban J connectivity index is 1.28. The van der Waals surface area contributed by atoms with E-state index >= 15 is 0 Å². The van der Waals surface area contributed by atoms with Gasteiger partial charge < -0.3 is 9.80 Å². The molecule has 0 N–H and O–H groups in total. The highest BCUT2D eigenvalue weighted by molar-refractivity contribution is 5.95. The van der Waals surface area contributed by atoms with Gasteiger partial charge in [-0.3, -0.25) is 14.5 Å². The predicted molar refractivity (Wildman–Crippen MR) is 106 cm³/mol. The highest BCUT2D eigenvalue weighted by Gasteiger charge is 2.26. The van der Waals surface area contributed by atoms with Crippen LogP contribution >= 0.6 is 0 Å². The molecule has 4 heterocycles. The fourth-order valence-electron chi connectivity index (χ4n) is 3.89. The van der Waals surface area contributed by atoms with Crippen molar-refractivity contribution in [3.05, 3.63) is 36.2 Å². The molecule has 0 aromatic carbocycles. The molecule has 0 spiro atoms.